The Hall–Kier alpha value is -2.20. The number of rotatable bonds is 4. The summed E-state index contributed by atoms with van der Waals surface area (Å²) in [6.45, 7) is 0.547. The zero-order chi connectivity index (χ0) is 14.8. The second-order valence-corrected chi connectivity index (χ2v) is 5.13. The zero-order valence-electron chi connectivity index (χ0n) is 11.5. The molecule has 3 rings (SSSR count). The minimum atomic E-state index is -0.340. The summed E-state index contributed by atoms with van der Waals surface area (Å²) in [6.07, 6.45) is 0.537. The molecule has 0 aliphatic carbocycles. The Morgan fingerprint density at radius 1 is 1.14 bits per heavy atom. The van der Waals surface area contributed by atoms with E-state index in [9.17, 15) is 14.3 Å². The highest BCUT2D eigenvalue weighted by Gasteiger charge is 2.32. The molecule has 3 nitrogen and oxygen atoms in total. The summed E-state index contributed by atoms with van der Waals surface area (Å²) < 4.78 is 13.1. The SMILES string of the molecule is O=C1CCN1C(CO)c1ccccc1-c1ccc(F)cc1. The van der Waals surface area contributed by atoms with E-state index in [0.29, 0.717) is 13.0 Å². The molecule has 21 heavy (non-hydrogen) atoms. The highest BCUT2D eigenvalue weighted by Crippen LogP contribution is 2.33. The van der Waals surface area contributed by atoms with Gasteiger partial charge in [-0.2, -0.15) is 0 Å². The number of hydrogen-bond acceptors (Lipinski definition) is 2. The fraction of sp³-hybridized carbons (Fsp3) is 0.235. The first-order valence-corrected chi connectivity index (χ1v) is 6.96. The number of aliphatic hydroxyl groups is 1. The van der Waals surface area contributed by atoms with Crippen molar-refractivity contribution < 1.29 is 14.3 Å². The number of nitrogens with zero attached hydrogens (tertiary/aromatic N) is 1. The predicted octanol–water partition coefficient (Wildman–Crippen LogP) is 2.76. The lowest BCUT2D eigenvalue weighted by Crippen LogP contribution is -2.46. The van der Waals surface area contributed by atoms with Crippen LogP contribution in [0.3, 0.4) is 0 Å². The van der Waals surface area contributed by atoms with E-state index in [2.05, 4.69) is 0 Å². The van der Waals surface area contributed by atoms with E-state index in [1.165, 1.54) is 12.1 Å². The standard InChI is InChI=1S/C17H16FNO2/c18-13-7-5-12(6-8-13)14-3-1-2-4-15(14)16(11-20)19-10-9-17(19)21/h1-8,16,20H,9-11H2. The lowest BCUT2D eigenvalue weighted by Gasteiger charge is -2.38. The first-order chi connectivity index (χ1) is 10.2. The molecule has 0 bridgehead atoms. The normalized spacial score (nSPS) is 15.7. The van der Waals surface area contributed by atoms with Gasteiger partial charge in [-0.05, 0) is 28.8 Å². The summed E-state index contributed by atoms with van der Waals surface area (Å²) in [4.78, 5) is 13.3. The predicted molar refractivity (Wildman–Crippen MR) is 78.0 cm³/mol. The Morgan fingerprint density at radius 2 is 1.86 bits per heavy atom. The van der Waals surface area contributed by atoms with Crippen LogP contribution in [-0.2, 0) is 4.79 Å². The van der Waals surface area contributed by atoms with E-state index in [1.807, 2.05) is 24.3 Å². The summed E-state index contributed by atoms with van der Waals surface area (Å²) in [5, 5.41) is 9.69. The van der Waals surface area contributed by atoms with Crippen LogP contribution >= 0.6 is 0 Å². The van der Waals surface area contributed by atoms with Gasteiger partial charge in [-0.3, -0.25) is 4.79 Å². The highest BCUT2D eigenvalue weighted by atomic mass is 19.1. The van der Waals surface area contributed by atoms with Crippen molar-refractivity contribution in [2.45, 2.75) is 12.5 Å². The summed E-state index contributed by atoms with van der Waals surface area (Å²) in [6, 6.07) is 13.5. The average Bonchev–Trinajstić information content (AvgIpc) is 2.52. The molecule has 1 heterocycles. The van der Waals surface area contributed by atoms with Crippen molar-refractivity contribution in [2.24, 2.45) is 0 Å². The molecular weight excluding hydrogens is 269 g/mol. The Balaban J connectivity index is 2.02. The van der Waals surface area contributed by atoms with Crippen molar-refractivity contribution in [3.05, 3.63) is 59.9 Å². The number of halogens is 1. The Bertz CT molecular complexity index is 654. The zero-order valence-corrected chi connectivity index (χ0v) is 11.5. The Kier molecular flexibility index (Phi) is 3.71. The van der Waals surface area contributed by atoms with Crippen LogP contribution in [0.4, 0.5) is 4.39 Å². The van der Waals surface area contributed by atoms with Gasteiger partial charge in [0.15, 0.2) is 0 Å². The largest absolute Gasteiger partial charge is 0.394 e. The molecule has 1 N–H and O–H groups in total. The number of carbonyl (C=O) groups is 1. The van der Waals surface area contributed by atoms with Gasteiger partial charge in [-0.25, -0.2) is 4.39 Å². The van der Waals surface area contributed by atoms with Crippen LogP contribution in [0.15, 0.2) is 48.5 Å². The lowest BCUT2D eigenvalue weighted by atomic mass is 9.93. The monoisotopic (exact) mass is 285 g/mol. The fourth-order valence-corrected chi connectivity index (χ4v) is 2.71. The van der Waals surface area contributed by atoms with Crippen LogP contribution in [-0.4, -0.2) is 29.1 Å². The summed E-state index contributed by atoms with van der Waals surface area (Å²) >= 11 is 0. The molecule has 1 aliphatic heterocycles. The molecule has 1 atom stereocenters. The minimum Gasteiger partial charge on any atom is -0.394 e. The van der Waals surface area contributed by atoms with Crippen LogP contribution in [0.2, 0.25) is 0 Å². The van der Waals surface area contributed by atoms with Crippen molar-refractivity contribution in [1.29, 1.82) is 0 Å². The lowest BCUT2D eigenvalue weighted by molar-refractivity contribution is -0.144. The number of benzene rings is 2. The van der Waals surface area contributed by atoms with Crippen molar-refractivity contribution in [2.75, 3.05) is 13.2 Å². The summed E-state index contributed by atoms with van der Waals surface area (Å²) in [5.41, 5.74) is 2.68. The van der Waals surface area contributed by atoms with Gasteiger partial charge >= 0.3 is 0 Å². The Labute approximate surface area is 122 Å². The van der Waals surface area contributed by atoms with E-state index in [4.69, 9.17) is 0 Å². The second kappa shape index (κ2) is 5.66. The van der Waals surface area contributed by atoms with Gasteiger partial charge < -0.3 is 10.0 Å². The van der Waals surface area contributed by atoms with Gasteiger partial charge in [0.05, 0.1) is 12.6 Å². The number of β-lactam (4-membered cyclic amide) rings is 1. The van der Waals surface area contributed by atoms with Crippen molar-refractivity contribution in [1.82, 2.24) is 4.90 Å². The van der Waals surface area contributed by atoms with Gasteiger partial charge in [-0.1, -0.05) is 36.4 Å². The molecule has 1 fully saturated rings. The van der Waals surface area contributed by atoms with Crippen molar-refractivity contribution >= 4 is 5.91 Å². The second-order valence-electron chi connectivity index (χ2n) is 5.13. The van der Waals surface area contributed by atoms with E-state index >= 15 is 0 Å². The number of hydrogen-bond donors (Lipinski definition) is 1. The molecule has 0 saturated carbocycles. The fourth-order valence-electron chi connectivity index (χ4n) is 2.71. The quantitative estimate of drug-likeness (QED) is 0.878. The molecule has 0 radical (unpaired) electrons. The van der Waals surface area contributed by atoms with Crippen molar-refractivity contribution in [3.63, 3.8) is 0 Å². The average molecular weight is 285 g/mol. The van der Waals surface area contributed by atoms with Crippen LogP contribution in [0.1, 0.15) is 18.0 Å². The maximum atomic E-state index is 13.1. The maximum Gasteiger partial charge on any atom is 0.224 e. The third kappa shape index (κ3) is 2.54. The van der Waals surface area contributed by atoms with Gasteiger partial charge in [0.2, 0.25) is 5.91 Å². The van der Waals surface area contributed by atoms with E-state index in [1.54, 1.807) is 17.0 Å². The highest BCUT2D eigenvalue weighted by molar-refractivity contribution is 5.82. The van der Waals surface area contributed by atoms with Gasteiger partial charge in [0.25, 0.3) is 0 Å². The van der Waals surface area contributed by atoms with Crippen LogP contribution in [0.5, 0.6) is 0 Å². The van der Waals surface area contributed by atoms with E-state index < -0.39 is 0 Å². The molecule has 2 aromatic rings. The smallest absolute Gasteiger partial charge is 0.224 e. The van der Waals surface area contributed by atoms with E-state index in [0.717, 1.165) is 16.7 Å². The molecule has 4 heteroatoms. The first kappa shape index (κ1) is 13.8. The number of likely N-dealkylation sites (tertiary alicyclic amines) is 1. The molecule has 1 aliphatic rings. The van der Waals surface area contributed by atoms with Crippen LogP contribution in [0, 0.1) is 5.82 Å². The van der Waals surface area contributed by atoms with E-state index in [-0.39, 0.29) is 24.4 Å². The summed E-state index contributed by atoms with van der Waals surface area (Å²) in [5.74, 6) is -0.226. The Morgan fingerprint density at radius 3 is 2.43 bits per heavy atom. The van der Waals surface area contributed by atoms with Crippen molar-refractivity contribution in [3.8, 4) is 11.1 Å². The molecule has 0 spiro atoms. The minimum absolute atomic E-state index is 0.0583. The molecule has 0 aromatic heterocycles. The van der Waals surface area contributed by atoms with Gasteiger partial charge in [0.1, 0.15) is 5.82 Å². The first-order valence-electron chi connectivity index (χ1n) is 6.96. The molecule has 2 aromatic carbocycles. The number of aliphatic hydroxyl groups excluding tert-OH is 1. The topological polar surface area (TPSA) is 40.5 Å². The third-order valence-corrected chi connectivity index (χ3v) is 3.91. The number of carbonyl (C=O) groups excluding carboxylic acids is 1. The molecule has 1 unspecified atom stereocenters. The maximum absolute atomic E-state index is 13.1. The third-order valence-electron chi connectivity index (χ3n) is 3.91. The number of amides is 1. The molecule has 1 saturated heterocycles. The molecular formula is C17H16FNO2. The summed E-state index contributed by atoms with van der Waals surface area (Å²) in [7, 11) is 0. The van der Waals surface area contributed by atoms with Gasteiger partial charge in [-0.15, -0.1) is 0 Å². The van der Waals surface area contributed by atoms with Crippen LogP contribution in [0.25, 0.3) is 11.1 Å². The van der Waals surface area contributed by atoms with Crippen LogP contribution < -0.4 is 0 Å². The molecule has 108 valence electrons. The molecule has 1 amide bonds. The van der Waals surface area contributed by atoms with Gasteiger partial charge in [0, 0.05) is 13.0 Å².